The second-order valence-electron chi connectivity index (χ2n) is 5.92. The molecule has 1 N–H and O–H groups in total. The largest absolute Gasteiger partial charge is 0.494 e. The molecule has 2 rings (SSSR count). The molecule has 0 aromatic rings. The highest BCUT2D eigenvalue weighted by atomic mass is 16.6. The van der Waals surface area contributed by atoms with Gasteiger partial charge in [0.15, 0.2) is 11.5 Å². The van der Waals surface area contributed by atoms with E-state index in [0.717, 1.165) is 19.5 Å². The zero-order chi connectivity index (χ0) is 17.7. The number of hydrogen-bond donors (Lipinski definition) is 1. The summed E-state index contributed by atoms with van der Waals surface area (Å²) in [7, 11) is 4.67. The van der Waals surface area contributed by atoms with E-state index in [1.807, 2.05) is 0 Å². The SMILES string of the molecule is CCC(N1CCOCC1)C1(OC)CC(C(=O)O)=CC(OC)=C1OC. The van der Waals surface area contributed by atoms with Crippen molar-refractivity contribution in [3.8, 4) is 0 Å². The molecule has 0 aromatic carbocycles. The van der Waals surface area contributed by atoms with E-state index in [0.29, 0.717) is 24.7 Å². The average molecular weight is 341 g/mol. The lowest BCUT2D eigenvalue weighted by Gasteiger charge is -2.47. The van der Waals surface area contributed by atoms with Crippen LogP contribution in [0.4, 0.5) is 0 Å². The molecular weight excluding hydrogens is 314 g/mol. The molecule has 1 aliphatic carbocycles. The van der Waals surface area contributed by atoms with Gasteiger partial charge in [0.25, 0.3) is 0 Å². The molecule has 2 unspecified atom stereocenters. The molecule has 2 atom stereocenters. The van der Waals surface area contributed by atoms with Crippen LogP contribution in [0.3, 0.4) is 0 Å². The predicted molar refractivity (Wildman–Crippen MR) is 87.6 cm³/mol. The van der Waals surface area contributed by atoms with E-state index in [1.165, 1.54) is 13.2 Å². The number of allylic oxidation sites excluding steroid dienone is 1. The number of carboxylic acids is 1. The quantitative estimate of drug-likeness (QED) is 0.750. The molecule has 1 fully saturated rings. The minimum absolute atomic E-state index is 0.0467. The highest BCUT2D eigenvalue weighted by Crippen LogP contribution is 2.42. The van der Waals surface area contributed by atoms with Gasteiger partial charge in [-0.1, -0.05) is 6.92 Å². The fourth-order valence-electron chi connectivity index (χ4n) is 3.75. The van der Waals surface area contributed by atoms with Crippen LogP contribution in [0.2, 0.25) is 0 Å². The maximum Gasteiger partial charge on any atom is 0.331 e. The monoisotopic (exact) mass is 341 g/mol. The summed E-state index contributed by atoms with van der Waals surface area (Å²) in [5.41, 5.74) is -0.657. The Balaban J connectivity index is 2.51. The lowest BCUT2D eigenvalue weighted by molar-refractivity contribution is -0.136. The van der Waals surface area contributed by atoms with Crippen molar-refractivity contribution in [1.29, 1.82) is 0 Å². The number of methoxy groups -OCH3 is 3. The van der Waals surface area contributed by atoms with Gasteiger partial charge in [-0.2, -0.15) is 0 Å². The van der Waals surface area contributed by atoms with Crippen LogP contribution in [0.25, 0.3) is 0 Å². The average Bonchev–Trinajstić information content (AvgIpc) is 2.62. The Morgan fingerprint density at radius 1 is 1.33 bits per heavy atom. The molecule has 2 aliphatic rings. The summed E-state index contributed by atoms with van der Waals surface area (Å²) >= 11 is 0. The summed E-state index contributed by atoms with van der Waals surface area (Å²) in [6, 6.07) is -0.0467. The normalized spacial score (nSPS) is 26.8. The van der Waals surface area contributed by atoms with Crippen molar-refractivity contribution >= 4 is 5.97 Å². The van der Waals surface area contributed by atoms with Gasteiger partial charge in [0, 0.05) is 38.2 Å². The molecule has 0 spiro atoms. The summed E-state index contributed by atoms with van der Waals surface area (Å²) in [5, 5.41) is 9.53. The Kier molecular flexibility index (Phi) is 6.26. The molecule has 24 heavy (non-hydrogen) atoms. The molecule has 0 aromatic heterocycles. The van der Waals surface area contributed by atoms with Gasteiger partial charge in [0.05, 0.1) is 27.4 Å². The number of ether oxygens (including phenoxy) is 4. The second-order valence-corrected chi connectivity index (χ2v) is 5.92. The third kappa shape index (κ3) is 3.29. The van der Waals surface area contributed by atoms with Crippen LogP contribution in [-0.2, 0) is 23.7 Å². The molecule has 0 radical (unpaired) electrons. The first-order valence-corrected chi connectivity index (χ1v) is 8.17. The maximum atomic E-state index is 11.6. The van der Waals surface area contributed by atoms with Gasteiger partial charge >= 0.3 is 5.97 Å². The predicted octanol–water partition coefficient (Wildman–Crippen LogP) is 1.40. The lowest BCUT2D eigenvalue weighted by atomic mass is 9.78. The standard InChI is InChI=1S/C17H27NO6/c1-5-14(18-6-8-24-9-7-18)17(23-4)11-12(16(19)20)10-13(21-2)15(17)22-3/h10,14H,5-9,11H2,1-4H3,(H,19,20). The van der Waals surface area contributed by atoms with E-state index in [2.05, 4.69) is 11.8 Å². The van der Waals surface area contributed by atoms with Gasteiger partial charge in [0.1, 0.15) is 5.60 Å². The Labute approximate surface area is 142 Å². The first kappa shape index (κ1) is 18.8. The van der Waals surface area contributed by atoms with Crippen LogP contribution in [0, 0.1) is 0 Å². The Morgan fingerprint density at radius 2 is 2.00 bits per heavy atom. The number of morpholine rings is 1. The number of hydrogen-bond acceptors (Lipinski definition) is 6. The minimum atomic E-state index is -0.974. The van der Waals surface area contributed by atoms with Gasteiger partial charge in [-0.05, 0) is 12.5 Å². The fraction of sp³-hybridized carbons (Fsp3) is 0.706. The molecule has 1 aliphatic heterocycles. The summed E-state index contributed by atoms with van der Waals surface area (Å²) in [6.45, 7) is 4.92. The van der Waals surface area contributed by atoms with E-state index in [9.17, 15) is 9.90 Å². The molecule has 0 bridgehead atoms. The summed E-state index contributed by atoms with van der Waals surface area (Å²) in [4.78, 5) is 13.9. The zero-order valence-corrected chi connectivity index (χ0v) is 14.8. The summed E-state index contributed by atoms with van der Waals surface area (Å²) in [5.74, 6) is -0.0384. The van der Waals surface area contributed by atoms with E-state index in [-0.39, 0.29) is 18.0 Å². The van der Waals surface area contributed by atoms with Crippen LogP contribution in [0.15, 0.2) is 23.2 Å². The smallest absolute Gasteiger partial charge is 0.331 e. The third-order valence-corrected chi connectivity index (χ3v) is 4.84. The Bertz CT molecular complexity index is 523. The number of nitrogens with zero attached hydrogens (tertiary/aromatic N) is 1. The van der Waals surface area contributed by atoms with E-state index in [4.69, 9.17) is 18.9 Å². The molecule has 1 heterocycles. The molecular formula is C17H27NO6. The van der Waals surface area contributed by atoms with E-state index >= 15 is 0 Å². The van der Waals surface area contributed by atoms with Crippen molar-refractivity contribution in [1.82, 2.24) is 4.90 Å². The number of aliphatic carboxylic acids is 1. The highest BCUT2D eigenvalue weighted by molar-refractivity contribution is 5.88. The van der Waals surface area contributed by atoms with E-state index < -0.39 is 11.6 Å². The van der Waals surface area contributed by atoms with Crippen LogP contribution in [0.5, 0.6) is 0 Å². The molecule has 7 heteroatoms. The topological polar surface area (TPSA) is 77.5 Å². The van der Waals surface area contributed by atoms with Crippen molar-refractivity contribution in [3.63, 3.8) is 0 Å². The van der Waals surface area contributed by atoms with Crippen molar-refractivity contribution in [2.24, 2.45) is 0 Å². The van der Waals surface area contributed by atoms with Crippen LogP contribution < -0.4 is 0 Å². The Hall–Kier alpha value is -1.57. The molecule has 7 nitrogen and oxygen atoms in total. The molecule has 0 amide bonds. The van der Waals surface area contributed by atoms with Gasteiger partial charge in [-0.15, -0.1) is 0 Å². The molecule has 0 saturated carbocycles. The Morgan fingerprint density at radius 3 is 2.46 bits per heavy atom. The molecule has 1 saturated heterocycles. The van der Waals surface area contributed by atoms with Crippen molar-refractivity contribution in [2.45, 2.75) is 31.4 Å². The highest BCUT2D eigenvalue weighted by Gasteiger charge is 2.50. The number of carboxylic acid groups (broad SMARTS) is 1. The van der Waals surface area contributed by atoms with Crippen LogP contribution in [-0.4, -0.2) is 75.3 Å². The number of carbonyl (C=O) groups is 1. The van der Waals surface area contributed by atoms with E-state index in [1.54, 1.807) is 14.2 Å². The van der Waals surface area contributed by atoms with Gasteiger partial charge in [-0.3, -0.25) is 4.90 Å². The minimum Gasteiger partial charge on any atom is -0.494 e. The summed E-state index contributed by atoms with van der Waals surface area (Å²) < 4.78 is 22.4. The van der Waals surface area contributed by atoms with Crippen LogP contribution in [0.1, 0.15) is 19.8 Å². The first-order chi connectivity index (χ1) is 11.5. The lowest BCUT2D eigenvalue weighted by Crippen LogP contribution is -2.59. The first-order valence-electron chi connectivity index (χ1n) is 8.17. The van der Waals surface area contributed by atoms with Gasteiger partial charge in [0.2, 0.25) is 0 Å². The zero-order valence-electron chi connectivity index (χ0n) is 14.8. The van der Waals surface area contributed by atoms with Crippen molar-refractivity contribution in [3.05, 3.63) is 23.2 Å². The third-order valence-electron chi connectivity index (χ3n) is 4.84. The van der Waals surface area contributed by atoms with Crippen LogP contribution >= 0.6 is 0 Å². The van der Waals surface area contributed by atoms with Crippen molar-refractivity contribution in [2.75, 3.05) is 47.6 Å². The molecule has 136 valence electrons. The fourth-order valence-corrected chi connectivity index (χ4v) is 3.75. The van der Waals surface area contributed by atoms with Gasteiger partial charge < -0.3 is 24.1 Å². The van der Waals surface area contributed by atoms with Gasteiger partial charge in [-0.25, -0.2) is 4.79 Å². The van der Waals surface area contributed by atoms with Crippen molar-refractivity contribution < 1.29 is 28.8 Å². The second kappa shape index (κ2) is 8.00. The number of rotatable bonds is 7. The maximum absolute atomic E-state index is 11.6. The summed E-state index contributed by atoms with van der Waals surface area (Å²) in [6.07, 6.45) is 2.53.